The Bertz CT molecular complexity index is 577. The Morgan fingerprint density at radius 1 is 1.26 bits per heavy atom. The summed E-state index contributed by atoms with van der Waals surface area (Å²) in [5.74, 6) is 2.71. The molecule has 3 rings (SSSR count). The molecule has 1 unspecified atom stereocenters. The van der Waals surface area contributed by atoms with Crippen LogP contribution in [-0.4, -0.2) is 14.8 Å². The van der Waals surface area contributed by atoms with Crippen LogP contribution in [0, 0.1) is 0 Å². The molecule has 19 heavy (non-hydrogen) atoms. The monoisotopic (exact) mass is 319 g/mol. The average Bonchev–Trinajstić information content (AvgIpc) is 2.89. The lowest BCUT2D eigenvalue weighted by Gasteiger charge is -2.24. The van der Waals surface area contributed by atoms with Gasteiger partial charge in [0.1, 0.15) is 11.6 Å². The van der Waals surface area contributed by atoms with Crippen molar-refractivity contribution in [2.75, 3.05) is 0 Å². The maximum absolute atomic E-state index is 4.44. The predicted octanol–water partition coefficient (Wildman–Crippen LogP) is 3.47. The number of halogens is 1. The zero-order chi connectivity index (χ0) is 13.2. The van der Waals surface area contributed by atoms with Crippen LogP contribution in [0.2, 0.25) is 0 Å². The van der Waals surface area contributed by atoms with Gasteiger partial charge < -0.3 is 4.57 Å². The summed E-state index contributed by atoms with van der Waals surface area (Å²) in [6.45, 7) is 3.11. The Morgan fingerprint density at radius 3 is 2.79 bits per heavy atom. The molecular weight excluding hydrogens is 302 g/mol. The van der Waals surface area contributed by atoms with Gasteiger partial charge in [0.05, 0.1) is 5.33 Å². The molecule has 3 nitrogen and oxygen atoms in total. The summed E-state index contributed by atoms with van der Waals surface area (Å²) < 4.78 is 2.26. The number of fused-ring (bicyclic) bond motifs is 1. The minimum Gasteiger partial charge on any atom is -0.314 e. The van der Waals surface area contributed by atoms with Crippen molar-refractivity contribution in [1.29, 1.82) is 0 Å². The van der Waals surface area contributed by atoms with E-state index in [9.17, 15) is 0 Å². The van der Waals surface area contributed by atoms with Gasteiger partial charge in [-0.25, -0.2) is 0 Å². The molecule has 0 N–H and O–H groups in total. The fraction of sp³-hybridized carbons (Fsp3) is 0.467. The summed E-state index contributed by atoms with van der Waals surface area (Å²) in [6.07, 6.45) is 3.43. The van der Waals surface area contributed by atoms with Crippen LogP contribution in [0.25, 0.3) is 0 Å². The Labute approximate surface area is 122 Å². The molecule has 1 atom stereocenters. The molecule has 100 valence electrons. The van der Waals surface area contributed by atoms with Crippen LogP contribution < -0.4 is 0 Å². The molecule has 1 aromatic heterocycles. The van der Waals surface area contributed by atoms with E-state index in [1.807, 2.05) is 0 Å². The van der Waals surface area contributed by atoms with E-state index in [0.717, 1.165) is 36.4 Å². The third kappa shape index (κ3) is 2.34. The van der Waals surface area contributed by atoms with Crippen LogP contribution in [0.3, 0.4) is 0 Å². The van der Waals surface area contributed by atoms with E-state index in [1.54, 1.807) is 0 Å². The SMILES string of the molecule is CCn1c(CBr)nnc1C1CCc2ccccc2C1. The maximum atomic E-state index is 4.44. The van der Waals surface area contributed by atoms with Crippen molar-refractivity contribution in [2.45, 2.75) is 44.0 Å². The topological polar surface area (TPSA) is 30.7 Å². The molecule has 0 saturated heterocycles. The molecule has 0 bridgehead atoms. The van der Waals surface area contributed by atoms with Gasteiger partial charge in [0.2, 0.25) is 0 Å². The fourth-order valence-electron chi connectivity index (χ4n) is 3.01. The molecule has 0 fully saturated rings. The highest BCUT2D eigenvalue weighted by Gasteiger charge is 2.24. The Kier molecular flexibility index (Phi) is 3.69. The predicted molar refractivity (Wildman–Crippen MR) is 79.5 cm³/mol. The first-order valence-electron chi connectivity index (χ1n) is 6.88. The van der Waals surface area contributed by atoms with E-state index in [4.69, 9.17) is 0 Å². The van der Waals surface area contributed by atoms with E-state index in [1.165, 1.54) is 17.5 Å². The number of alkyl halides is 1. The normalized spacial score (nSPS) is 18.3. The minimum absolute atomic E-state index is 0.509. The lowest BCUT2D eigenvalue weighted by molar-refractivity contribution is 0.520. The van der Waals surface area contributed by atoms with Gasteiger partial charge in [-0.05, 0) is 37.3 Å². The summed E-state index contributed by atoms with van der Waals surface area (Å²) in [6, 6.07) is 8.77. The zero-order valence-corrected chi connectivity index (χ0v) is 12.7. The number of rotatable bonds is 3. The maximum Gasteiger partial charge on any atom is 0.143 e. The molecule has 0 saturated carbocycles. The van der Waals surface area contributed by atoms with Gasteiger partial charge in [0.25, 0.3) is 0 Å². The van der Waals surface area contributed by atoms with E-state index >= 15 is 0 Å². The Hall–Kier alpha value is -1.16. The number of nitrogens with zero attached hydrogens (tertiary/aromatic N) is 3. The largest absolute Gasteiger partial charge is 0.314 e. The first-order chi connectivity index (χ1) is 9.33. The lowest BCUT2D eigenvalue weighted by atomic mass is 9.83. The quantitative estimate of drug-likeness (QED) is 0.811. The number of hydrogen-bond donors (Lipinski definition) is 0. The van der Waals surface area contributed by atoms with Gasteiger partial charge >= 0.3 is 0 Å². The molecule has 1 aromatic carbocycles. The third-order valence-corrected chi connectivity index (χ3v) is 4.51. The summed E-state index contributed by atoms with van der Waals surface area (Å²) >= 11 is 3.49. The van der Waals surface area contributed by atoms with Crippen molar-refractivity contribution in [3.05, 3.63) is 47.0 Å². The summed E-state index contributed by atoms with van der Waals surface area (Å²) in [5, 5.41) is 9.52. The number of aryl methyl sites for hydroxylation is 1. The Balaban J connectivity index is 1.91. The average molecular weight is 320 g/mol. The number of benzene rings is 1. The molecule has 1 heterocycles. The van der Waals surface area contributed by atoms with Crippen LogP contribution in [-0.2, 0) is 24.7 Å². The molecule has 0 aliphatic heterocycles. The van der Waals surface area contributed by atoms with Crippen molar-refractivity contribution < 1.29 is 0 Å². The minimum atomic E-state index is 0.509. The van der Waals surface area contributed by atoms with Gasteiger partial charge in [-0.15, -0.1) is 10.2 Å². The standard InChI is InChI=1S/C15H18BrN3/c1-2-19-14(10-16)17-18-15(19)13-8-7-11-5-3-4-6-12(11)9-13/h3-6,13H,2,7-10H2,1H3. The van der Waals surface area contributed by atoms with Crippen LogP contribution in [0.5, 0.6) is 0 Å². The van der Waals surface area contributed by atoms with E-state index in [0.29, 0.717) is 5.92 Å². The van der Waals surface area contributed by atoms with E-state index in [2.05, 4.69) is 61.9 Å². The van der Waals surface area contributed by atoms with E-state index < -0.39 is 0 Å². The molecule has 0 radical (unpaired) electrons. The second kappa shape index (κ2) is 5.45. The van der Waals surface area contributed by atoms with Gasteiger partial charge in [-0.1, -0.05) is 40.2 Å². The molecule has 4 heteroatoms. The molecule has 0 amide bonds. The Morgan fingerprint density at radius 2 is 2.05 bits per heavy atom. The second-order valence-corrected chi connectivity index (χ2v) is 5.62. The first kappa shape index (κ1) is 12.9. The smallest absolute Gasteiger partial charge is 0.143 e. The van der Waals surface area contributed by atoms with Crippen molar-refractivity contribution >= 4 is 15.9 Å². The number of hydrogen-bond acceptors (Lipinski definition) is 2. The second-order valence-electron chi connectivity index (χ2n) is 5.06. The first-order valence-corrected chi connectivity index (χ1v) is 8.00. The molecular formula is C15H18BrN3. The molecule has 1 aliphatic carbocycles. The molecule has 2 aromatic rings. The summed E-state index contributed by atoms with van der Waals surface area (Å²) in [4.78, 5) is 0. The van der Waals surface area contributed by atoms with Crippen molar-refractivity contribution in [3.63, 3.8) is 0 Å². The number of aromatic nitrogens is 3. The van der Waals surface area contributed by atoms with Gasteiger partial charge in [0.15, 0.2) is 0 Å². The third-order valence-electron chi connectivity index (χ3n) is 4.00. The van der Waals surface area contributed by atoms with Gasteiger partial charge in [-0.3, -0.25) is 0 Å². The van der Waals surface area contributed by atoms with Crippen molar-refractivity contribution in [3.8, 4) is 0 Å². The molecule has 0 spiro atoms. The van der Waals surface area contributed by atoms with Crippen molar-refractivity contribution in [1.82, 2.24) is 14.8 Å². The molecule has 1 aliphatic rings. The highest BCUT2D eigenvalue weighted by Crippen LogP contribution is 2.32. The van der Waals surface area contributed by atoms with Crippen LogP contribution in [0.4, 0.5) is 0 Å². The highest BCUT2D eigenvalue weighted by molar-refractivity contribution is 9.08. The van der Waals surface area contributed by atoms with Gasteiger partial charge in [0, 0.05) is 12.5 Å². The fourth-order valence-corrected chi connectivity index (χ4v) is 3.43. The van der Waals surface area contributed by atoms with Crippen LogP contribution in [0.15, 0.2) is 24.3 Å². The van der Waals surface area contributed by atoms with Crippen LogP contribution in [0.1, 0.15) is 42.0 Å². The van der Waals surface area contributed by atoms with Crippen molar-refractivity contribution in [2.24, 2.45) is 0 Å². The zero-order valence-electron chi connectivity index (χ0n) is 11.1. The van der Waals surface area contributed by atoms with Gasteiger partial charge in [-0.2, -0.15) is 0 Å². The van der Waals surface area contributed by atoms with Crippen LogP contribution >= 0.6 is 15.9 Å². The summed E-state index contributed by atoms with van der Waals surface area (Å²) in [5.41, 5.74) is 2.98. The summed E-state index contributed by atoms with van der Waals surface area (Å²) in [7, 11) is 0. The highest BCUT2D eigenvalue weighted by atomic mass is 79.9. The van der Waals surface area contributed by atoms with E-state index in [-0.39, 0.29) is 0 Å². The lowest BCUT2D eigenvalue weighted by Crippen LogP contribution is -2.17.